The third-order valence-electron chi connectivity index (χ3n) is 4.04. The lowest BCUT2D eigenvalue weighted by Gasteiger charge is -2.13. The Kier molecular flexibility index (Phi) is 4.95. The topological polar surface area (TPSA) is 77.8 Å². The fourth-order valence-corrected chi connectivity index (χ4v) is 2.66. The molecule has 0 bridgehead atoms. The summed E-state index contributed by atoms with van der Waals surface area (Å²) in [6.07, 6.45) is 1.58. The van der Waals surface area contributed by atoms with Gasteiger partial charge >= 0.3 is 0 Å². The van der Waals surface area contributed by atoms with Gasteiger partial charge in [-0.3, -0.25) is 9.78 Å². The number of amides is 1. The second kappa shape index (κ2) is 7.49. The maximum Gasteiger partial charge on any atom is 0.274 e. The first-order valence-corrected chi connectivity index (χ1v) is 8.18. The van der Waals surface area contributed by atoms with Gasteiger partial charge in [-0.05, 0) is 49.2 Å². The highest BCUT2D eigenvalue weighted by atomic mass is 16.1. The number of nitriles is 1. The van der Waals surface area contributed by atoms with E-state index in [0.29, 0.717) is 11.3 Å². The molecule has 0 saturated carbocycles. The molecule has 0 radical (unpaired) electrons. The largest absolute Gasteiger partial charge is 0.355 e. The molecule has 0 aliphatic heterocycles. The number of nitrogens with zero attached hydrogens (tertiary/aromatic N) is 2. The van der Waals surface area contributed by atoms with E-state index in [1.165, 1.54) is 0 Å². The van der Waals surface area contributed by atoms with Crippen LogP contribution in [0.5, 0.6) is 0 Å². The molecule has 5 heteroatoms. The molecule has 2 N–H and O–H groups in total. The molecule has 3 rings (SSSR count). The van der Waals surface area contributed by atoms with Crippen molar-refractivity contribution in [2.75, 3.05) is 10.6 Å². The lowest BCUT2D eigenvalue weighted by atomic mass is 10.1. The van der Waals surface area contributed by atoms with Gasteiger partial charge in [0.1, 0.15) is 11.8 Å². The van der Waals surface area contributed by atoms with Gasteiger partial charge in [0.25, 0.3) is 5.91 Å². The molecule has 0 aliphatic carbocycles. The van der Waals surface area contributed by atoms with Crippen LogP contribution in [-0.2, 0) is 0 Å². The van der Waals surface area contributed by atoms with E-state index in [4.69, 9.17) is 5.26 Å². The van der Waals surface area contributed by atoms with E-state index in [9.17, 15) is 4.79 Å². The predicted molar refractivity (Wildman–Crippen MR) is 103 cm³/mol. The smallest absolute Gasteiger partial charge is 0.274 e. The van der Waals surface area contributed by atoms with Gasteiger partial charge in [0.15, 0.2) is 0 Å². The van der Waals surface area contributed by atoms with Crippen LogP contribution in [0, 0.1) is 25.2 Å². The molecule has 1 aromatic heterocycles. The monoisotopic (exact) mass is 342 g/mol. The zero-order chi connectivity index (χ0) is 18.5. The molecular weight excluding hydrogens is 324 g/mol. The number of aromatic nitrogens is 1. The van der Waals surface area contributed by atoms with E-state index in [-0.39, 0.29) is 11.6 Å². The van der Waals surface area contributed by atoms with Crippen LogP contribution in [0.25, 0.3) is 0 Å². The normalized spacial score (nSPS) is 10.0. The number of pyridine rings is 1. The summed E-state index contributed by atoms with van der Waals surface area (Å²) in [5.41, 5.74) is 5.18. The summed E-state index contributed by atoms with van der Waals surface area (Å²) in [6.45, 7) is 4.06. The predicted octanol–water partition coefficient (Wildman–Crippen LogP) is 4.57. The summed E-state index contributed by atoms with van der Waals surface area (Å²) >= 11 is 0. The molecule has 2 aromatic carbocycles. The lowest BCUT2D eigenvalue weighted by Crippen LogP contribution is -2.14. The van der Waals surface area contributed by atoms with Crippen molar-refractivity contribution < 1.29 is 4.79 Å². The van der Waals surface area contributed by atoms with E-state index in [0.717, 1.165) is 22.5 Å². The number of benzene rings is 2. The minimum absolute atomic E-state index is 0.272. The maximum absolute atomic E-state index is 12.5. The third kappa shape index (κ3) is 3.70. The number of aryl methyl sites for hydroxylation is 2. The van der Waals surface area contributed by atoms with Crippen LogP contribution in [0.1, 0.15) is 27.2 Å². The van der Waals surface area contributed by atoms with Crippen LogP contribution >= 0.6 is 0 Å². The Morgan fingerprint density at radius 1 is 1.04 bits per heavy atom. The third-order valence-corrected chi connectivity index (χ3v) is 4.04. The molecule has 5 nitrogen and oxygen atoms in total. The summed E-state index contributed by atoms with van der Waals surface area (Å²) in [5.74, 6) is -0.363. The molecular formula is C21H18N4O. The van der Waals surface area contributed by atoms with Crippen LogP contribution in [-0.4, -0.2) is 10.9 Å². The molecule has 1 amide bonds. The molecule has 0 saturated heterocycles. The highest BCUT2D eigenvalue weighted by Crippen LogP contribution is 2.24. The Morgan fingerprint density at radius 2 is 1.77 bits per heavy atom. The minimum atomic E-state index is -0.363. The van der Waals surface area contributed by atoms with Gasteiger partial charge in [-0.2, -0.15) is 5.26 Å². The average molecular weight is 342 g/mol. The van der Waals surface area contributed by atoms with Gasteiger partial charge in [-0.25, -0.2) is 0 Å². The zero-order valence-electron chi connectivity index (χ0n) is 14.6. The summed E-state index contributed by atoms with van der Waals surface area (Å²) in [4.78, 5) is 16.7. The number of hydrogen-bond acceptors (Lipinski definition) is 4. The van der Waals surface area contributed by atoms with Gasteiger partial charge in [0.2, 0.25) is 0 Å². The number of carbonyl (C=O) groups excluding carboxylic acids is 1. The average Bonchev–Trinajstić information content (AvgIpc) is 2.65. The lowest BCUT2D eigenvalue weighted by molar-refractivity contribution is 0.102. The number of rotatable bonds is 4. The molecule has 0 unspecified atom stereocenters. The first-order valence-electron chi connectivity index (χ1n) is 8.18. The summed E-state index contributed by atoms with van der Waals surface area (Å²) in [7, 11) is 0. The first-order chi connectivity index (χ1) is 12.6. The highest BCUT2D eigenvalue weighted by Gasteiger charge is 2.11. The number of carbonyl (C=O) groups is 1. The number of para-hydroxylation sites is 2. The highest BCUT2D eigenvalue weighted by molar-refractivity contribution is 6.04. The van der Waals surface area contributed by atoms with Crippen molar-refractivity contribution >= 4 is 23.0 Å². The Morgan fingerprint density at radius 3 is 2.50 bits per heavy atom. The van der Waals surface area contributed by atoms with E-state index < -0.39 is 0 Å². The molecule has 3 aromatic rings. The van der Waals surface area contributed by atoms with Crippen LogP contribution in [0.4, 0.5) is 17.1 Å². The second-order valence-electron chi connectivity index (χ2n) is 5.93. The first kappa shape index (κ1) is 17.2. The Hall–Kier alpha value is -3.65. The Balaban J connectivity index is 1.83. The van der Waals surface area contributed by atoms with E-state index in [1.54, 1.807) is 36.5 Å². The van der Waals surface area contributed by atoms with Crippen LogP contribution in [0.3, 0.4) is 0 Å². The van der Waals surface area contributed by atoms with Crippen molar-refractivity contribution in [3.8, 4) is 6.07 Å². The molecule has 0 aliphatic rings. The van der Waals surface area contributed by atoms with Crippen LogP contribution in [0.2, 0.25) is 0 Å². The van der Waals surface area contributed by atoms with E-state index >= 15 is 0 Å². The Bertz CT molecular complexity index is 985. The van der Waals surface area contributed by atoms with Crippen molar-refractivity contribution in [1.29, 1.82) is 5.26 Å². The van der Waals surface area contributed by atoms with Crippen molar-refractivity contribution in [3.63, 3.8) is 0 Å². The summed E-state index contributed by atoms with van der Waals surface area (Å²) in [5, 5.41) is 15.2. The quantitative estimate of drug-likeness (QED) is 0.728. The fraction of sp³-hybridized carbons (Fsp3) is 0.0952. The minimum Gasteiger partial charge on any atom is -0.355 e. The number of anilines is 3. The number of hydrogen-bond donors (Lipinski definition) is 2. The molecule has 128 valence electrons. The number of nitrogens with one attached hydrogen (secondary N) is 2. The van der Waals surface area contributed by atoms with Crippen LogP contribution < -0.4 is 10.6 Å². The van der Waals surface area contributed by atoms with Gasteiger partial charge in [-0.1, -0.05) is 30.3 Å². The second-order valence-corrected chi connectivity index (χ2v) is 5.93. The molecule has 1 heterocycles. The van der Waals surface area contributed by atoms with Gasteiger partial charge in [0.05, 0.1) is 11.3 Å². The van der Waals surface area contributed by atoms with E-state index in [2.05, 4.69) is 21.7 Å². The van der Waals surface area contributed by atoms with Crippen molar-refractivity contribution in [3.05, 3.63) is 83.2 Å². The van der Waals surface area contributed by atoms with Gasteiger partial charge in [-0.15, -0.1) is 0 Å². The van der Waals surface area contributed by atoms with Crippen molar-refractivity contribution in [1.82, 2.24) is 4.98 Å². The van der Waals surface area contributed by atoms with E-state index in [1.807, 2.05) is 38.1 Å². The fourth-order valence-electron chi connectivity index (χ4n) is 2.66. The Labute approximate surface area is 152 Å². The molecule has 0 fully saturated rings. The van der Waals surface area contributed by atoms with Crippen molar-refractivity contribution in [2.45, 2.75) is 13.8 Å². The standard InChI is InChI=1S/C21H18N4O/c1-14-6-5-7-15(2)20(14)24-17-10-11-23-19(12-17)21(26)25-18-9-4-3-8-16(18)13-22/h3-12H,1-2H3,(H,23,24)(H,25,26). The van der Waals surface area contributed by atoms with Crippen molar-refractivity contribution in [2.24, 2.45) is 0 Å². The molecule has 0 spiro atoms. The zero-order valence-corrected chi connectivity index (χ0v) is 14.6. The van der Waals surface area contributed by atoms with Gasteiger partial charge in [0, 0.05) is 17.6 Å². The maximum atomic E-state index is 12.5. The summed E-state index contributed by atoms with van der Waals surface area (Å²) < 4.78 is 0. The molecule has 26 heavy (non-hydrogen) atoms. The van der Waals surface area contributed by atoms with Gasteiger partial charge < -0.3 is 10.6 Å². The molecule has 0 atom stereocenters. The SMILES string of the molecule is Cc1cccc(C)c1Nc1ccnc(C(=O)Nc2ccccc2C#N)c1. The summed E-state index contributed by atoms with van der Waals surface area (Å²) in [6, 6.07) is 18.5. The van der Waals surface area contributed by atoms with Crippen LogP contribution in [0.15, 0.2) is 60.8 Å².